The zero-order valence-electron chi connectivity index (χ0n) is 8.83. The van der Waals surface area contributed by atoms with Crippen molar-refractivity contribution in [3.63, 3.8) is 0 Å². The second-order valence-electron chi connectivity index (χ2n) is 3.41. The van der Waals surface area contributed by atoms with Crippen molar-refractivity contribution in [2.45, 2.75) is 6.92 Å². The number of amides is 1. The van der Waals surface area contributed by atoms with E-state index in [2.05, 4.69) is 26.2 Å². The average molecular weight is 332 g/mol. The zero-order valence-corrected chi connectivity index (χ0v) is 12.0. The summed E-state index contributed by atoms with van der Waals surface area (Å²) in [5, 5.41) is 3.68. The van der Waals surface area contributed by atoms with Gasteiger partial charge in [-0.2, -0.15) is 0 Å². The Hall–Kier alpha value is -0.910. The Morgan fingerprint density at radius 1 is 1.53 bits per heavy atom. The number of hydrogen-bond donors (Lipinski definition) is 1. The molecule has 2 aromatic rings. The lowest BCUT2D eigenvalue weighted by Gasteiger charge is -2.04. The van der Waals surface area contributed by atoms with Crippen molar-refractivity contribution in [3.8, 4) is 0 Å². The predicted molar refractivity (Wildman–Crippen MR) is 74.0 cm³/mol. The lowest BCUT2D eigenvalue weighted by atomic mass is 10.1. The Morgan fingerprint density at radius 3 is 2.88 bits per heavy atom. The molecule has 0 aliphatic heterocycles. The van der Waals surface area contributed by atoms with Gasteiger partial charge in [0.1, 0.15) is 0 Å². The summed E-state index contributed by atoms with van der Waals surface area (Å²) in [6.07, 6.45) is 1.64. The maximum atomic E-state index is 11.9. The highest BCUT2D eigenvalue weighted by Crippen LogP contribution is 2.25. The number of halogens is 2. The molecule has 88 valence electrons. The first-order valence-corrected chi connectivity index (χ1v) is 6.74. The molecule has 1 aromatic carbocycles. The number of carbonyl (C=O) groups is 1. The van der Waals surface area contributed by atoms with Gasteiger partial charge in [0.15, 0.2) is 5.13 Å². The summed E-state index contributed by atoms with van der Waals surface area (Å²) < 4.78 is 0.864. The molecule has 0 radical (unpaired) electrons. The summed E-state index contributed by atoms with van der Waals surface area (Å²) in [4.78, 5) is 15.9. The standard InChI is InChI=1S/C11H8BrClN2OS/c1-6-2-3-7(8(13)4-6)10(16)15-11-14-5-9(12)17-11/h2-5H,1H3,(H,14,15,16). The SMILES string of the molecule is Cc1ccc(C(=O)Nc2ncc(Br)s2)c(Cl)c1. The van der Waals surface area contributed by atoms with Gasteiger partial charge in [-0.25, -0.2) is 4.98 Å². The molecule has 0 bridgehead atoms. The monoisotopic (exact) mass is 330 g/mol. The summed E-state index contributed by atoms with van der Waals surface area (Å²) in [6, 6.07) is 5.31. The second kappa shape index (κ2) is 5.16. The molecule has 0 atom stereocenters. The Balaban J connectivity index is 2.20. The van der Waals surface area contributed by atoms with Crippen molar-refractivity contribution < 1.29 is 4.79 Å². The molecule has 0 saturated carbocycles. The Labute approximate surface area is 116 Å². The van der Waals surface area contributed by atoms with Gasteiger partial charge >= 0.3 is 0 Å². The van der Waals surface area contributed by atoms with Crippen LogP contribution in [0.4, 0.5) is 5.13 Å². The van der Waals surface area contributed by atoms with Crippen LogP contribution in [0.1, 0.15) is 15.9 Å². The maximum absolute atomic E-state index is 11.9. The summed E-state index contributed by atoms with van der Waals surface area (Å²) in [7, 11) is 0. The lowest BCUT2D eigenvalue weighted by molar-refractivity contribution is 0.102. The van der Waals surface area contributed by atoms with Crippen LogP contribution in [0.2, 0.25) is 5.02 Å². The van der Waals surface area contributed by atoms with E-state index in [1.54, 1.807) is 18.3 Å². The van der Waals surface area contributed by atoms with Crippen molar-refractivity contribution >= 4 is 49.9 Å². The van der Waals surface area contributed by atoms with E-state index >= 15 is 0 Å². The van der Waals surface area contributed by atoms with Gasteiger partial charge in [0, 0.05) is 0 Å². The number of hydrogen-bond acceptors (Lipinski definition) is 3. The minimum absolute atomic E-state index is 0.253. The molecule has 0 aliphatic carbocycles. The van der Waals surface area contributed by atoms with E-state index < -0.39 is 0 Å². The van der Waals surface area contributed by atoms with Gasteiger partial charge in [-0.05, 0) is 40.5 Å². The van der Waals surface area contributed by atoms with Crippen molar-refractivity contribution in [1.82, 2.24) is 4.98 Å². The normalized spacial score (nSPS) is 10.3. The number of anilines is 1. The van der Waals surface area contributed by atoms with E-state index in [1.807, 2.05) is 13.0 Å². The summed E-state index contributed by atoms with van der Waals surface area (Å²) >= 11 is 10.6. The van der Waals surface area contributed by atoms with Crippen LogP contribution in [0, 0.1) is 6.92 Å². The highest BCUT2D eigenvalue weighted by Gasteiger charge is 2.12. The molecule has 1 N–H and O–H groups in total. The average Bonchev–Trinajstić information content (AvgIpc) is 2.63. The number of rotatable bonds is 2. The van der Waals surface area contributed by atoms with Gasteiger partial charge in [0.2, 0.25) is 0 Å². The smallest absolute Gasteiger partial charge is 0.258 e. The maximum Gasteiger partial charge on any atom is 0.258 e. The number of thiazole rings is 1. The van der Waals surface area contributed by atoms with E-state index in [9.17, 15) is 4.79 Å². The topological polar surface area (TPSA) is 42.0 Å². The first-order chi connectivity index (χ1) is 8.06. The number of nitrogens with one attached hydrogen (secondary N) is 1. The molecule has 0 unspecified atom stereocenters. The molecule has 0 fully saturated rings. The number of aromatic nitrogens is 1. The Morgan fingerprint density at radius 2 is 2.29 bits per heavy atom. The third kappa shape index (κ3) is 3.06. The van der Waals surface area contributed by atoms with Crippen LogP contribution >= 0.6 is 38.9 Å². The fraction of sp³-hybridized carbons (Fsp3) is 0.0909. The summed E-state index contributed by atoms with van der Waals surface area (Å²) in [6.45, 7) is 1.92. The number of nitrogens with zero attached hydrogens (tertiary/aromatic N) is 1. The van der Waals surface area contributed by atoms with E-state index in [0.717, 1.165) is 9.35 Å². The number of benzene rings is 1. The third-order valence-electron chi connectivity index (χ3n) is 2.07. The molecule has 0 aliphatic rings. The Kier molecular flexibility index (Phi) is 3.81. The highest BCUT2D eigenvalue weighted by molar-refractivity contribution is 9.11. The van der Waals surface area contributed by atoms with Crippen molar-refractivity contribution in [2.75, 3.05) is 5.32 Å². The fourth-order valence-electron chi connectivity index (χ4n) is 1.28. The van der Waals surface area contributed by atoms with Gasteiger partial charge in [0.25, 0.3) is 5.91 Å². The first-order valence-electron chi connectivity index (χ1n) is 4.75. The van der Waals surface area contributed by atoms with Crippen LogP contribution < -0.4 is 5.32 Å². The molecule has 6 heteroatoms. The van der Waals surface area contributed by atoms with Crippen molar-refractivity contribution in [3.05, 3.63) is 44.3 Å². The molecule has 1 amide bonds. The van der Waals surface area contributed by atoms with Crippen molar-refractivity contribution in [2.24, 2.45) is 0 Å². The lowest BCUT2D eigenvalue weighted by Crippen LogP contribution is -2.12. The molecule has 0 saturated heterocycles. The summed E-state index contributed by atoms with van der Waals surface area (Å²) in [5.41, 5.74) is 1.46. The zero-order chi connectivity index (χ0) is 12.4. The molecule has 0 spiro atoms. The summed E-state index contributed by atoms with van der Waals surface area (Å²) in [5.74, 6) is -0.253. The van der Waals surface area contributed by atoms with E-state index in [4.69, 9.17) is 11.6 Å². The van der Waals surface area contributed by atoms with E-state index in [-0.39, 0.29) is 5.91 Å². The molecular weight excluding hydrogens is 324 g/mol. The minimum Gasteiger partial charge on any atom is -0.298 e. The van der Waals surface area contributed by atoms with Crippen LogP contribution in [0.5, 0.6) is 0 Å². The van der Waals surface area contributed by atoms with E-state index in [1.165, 1.54) is 11.3 Å². The van der Waals surface area contributed by atoms with Gasteiger partial charge in [0.05, 0.1) is 20.6 Å². The van der Waals surface area contributed by atoms with E-state index in [0.29, 0.717) is 15.7 Å². The molecule has 1 aromatic heterocycles. The van der Waals surface area contributed by atoms with Crippen LogP contribution in [-0.4, -0.2) is 10.9 Å². The van der Waals surface area contributed by atoms with Crippen molar-refractivity contribution in [1.29, 1.82) is 0 Å². The molecule has 2 rings (SSSR count). The first kappa shape index (κ1) is 12.5. The number of carbonyl (C=O) groups excluding carboxylic acids is 1. The Bertz CT molecular complexity index is 570. The molecule has 3 nitrogen and oxygen atoms in total. The van der Waals surface area contributed by atoms with Crippen LogP contribution in [0.25, 0.3) is 0 Å². The highest BCUT2D eigenvalue weighted by atomic mass is 79.9. The van der Waals surface area contributed by atoms with Gasteiger partial charge in [-0.3, -0.25) is 10.1 Å². The molecular formula is C11H8BrClN2OS. The molecule has 1 heterocycles. The van der Waals surface area contributed by atoms with Crippen LogP contribution in [0.15, 0.2) is 28.2 Å². The third-order valence-corrected chi connectivity index (χ3v) is 3.77. The largest absolute Gasteiger partial charge is 0.298 e. The second-order valence-corrected chi connectivity index (χ2v) is 6.22. The quantitative estimate of drug-likeness (QED) is 0.899. The number of aryl methyl sites for hydroxylation is 1. The molecule has 17 heavy (non-hydrogen) atoms. The minimum atomic E-state index is -0.253. The van der Waals surface area contributed by atoms with Crippen LogP contribution in [0.3, 0.4) is 0 Å². The predicted octanol–water partition coefficient (Wildman–Crippen LogP) is 4.12. The fourth-order valence-corrected chi connectivity index (χ4v) is 2.70. The van der Waals surface area contributed by atoms with Gasteiger partial charge < -0.3 is 0 Å². The van der Waals surface area contributed by atoms with Gasteiger partial charge in [-0.1, -0.05) is 29.0 Å². The van der Waals surface area contributed by atoms with Crippen LogP contribution in [-0.2, 0) is 0 Å². The van der Waals surface area contributed by atoms with Gasteiger partial charge in [-0.15, -0.1) is 0 Å².